The number of imide groups is 1. The van der Waals surface area contributed by atoms with Crippen molar-refractivity contribution in [3.05, 3.63) is 43.2 Å². The number of nitrogens with zero attached hydrogens (tertiary/aromatic N) is 5. The first-order valence-corrected chi connectivity index (χ1v) is 10.9. The maximum atomic E-state index is 12.8. The van der Waals surface area contributed by atoms with E-state index in [9.17, 15) is 29.3 Å². The number of imidazole rings is 1. The van der Waals surface area contributed by atoms with Crippen LogP contribution in [-0.2, 0) is 23.7 Å². The molecule has 4 rings (SSSR count). The number of amides is 3. The summed E-state index contributed by atoms with van der Waals surface area (Å²) < 4.78 is 2.64. The third-order valence-corrected chi connectivity index (χ3v) is 6.69. The number of hydrogen-bond donors (Lipinski definition) is 0. The Balaban J connectivity index is 1.67. The van der Waals surface area contributed by atoms with Gasteiger partial charge in [0.15, 0.2) is 0 Å². The predicted molar refractivity (Wildman–Crippen MR) is 118 cm³/mol. The Morgan fingerprint density at radius 2 is 1.72 bits per heavy atom. The summed E-state index contributed by atoms with van der Waals surface area (Å²) in [5.41, 5.74) is 0.282. The molecule has 2 aromatic rings. The minimum Gasteiger partial charge on any atom is -0.341 e. The number of hydrogen-bond acceptors (Lipinski definition) is 7. The van der Waals surface area contributed by atoms with Crippen LogP contribution < -0.4 is 5.69 Å². The summed E-state index contributed by atoms with van der Waals surface area (Å²) in [5.74, 6) is -0.957. The highest BCUT2D eigenvalue weighted by molar-refractivity contribution is 8.18. The molecule has 3 amide bonds. The van der Waals surface area contributed by atoms with Gasteiger partial charge in [0.1, 0.15) is 6.54 Å². The molecule has 32 heavy (non-hydrogen) atoms. The van der Waals surface area contributed by atoms with E-state index in [1.807, 2.05) is 0 Å². The number of carbonyl (C=O) groups is 3. The van der Waals surface area contributed by atoms with E-state index in [1.165, 1.54) is 34.4 Å². The monoisotopic (exact) mass is 459 g/mol. The number of rotatable bonds is 4. The third-order valence-electron chi connectivity index (χ3n) is 5.78. The molecule has 1 aromatic carbocycles. The molecule has 2 aliphatic heterocycles. The normalized spacial score (nSPS) is 18.2. The van der Waals surface area contributed by atoms with Crippen LogP contribution in [-0.4, -0.2) is 60.5 Å². The van der Waals surface area contributed by atoms with Crippen molar-refractivity contribution in [2.45, 2.75) is 19.3 Å². The van der Waals surface area contributed by atoms with Crippen LogP contribution in [0.25, 0.3) is 17.1 Å². The van der Waals surface area contributed by atoms with Gasteiger partial charge in [-0.15, -0.1) is 0 Å². The largest absolute Gasteiger partial charge is 0.341 e. The van der Waals surface area contributed by atoms with Crippen molar-refractivity contribution in [3.63, 3.8) is 0 Å². The maximum absolute atomic E-state index is 12.8. The Bertz CT molecular complexity index is 1250. The number of aromatic nitrogens is 2. The fraction of sp³-hybridized carbons (Fsp3) is 0.400. The van der Waals surface area contributed by atoms with Gasteiger partial charge in [-0.2, -0.15) is 0 Å². The Hall–Kier alpha value is -3.41. The molecule has 1 aromatic heterocycles. The molecule has 0 radical (unpaired) electrons. The Labute approximate surface area is 186 Å². The van der Waals surface area contributed by atoms with Crippen LogP contribution in [0.4, 0.5) is 10.5 Å². The van der Waals surface area contributed by atoms with E-state index in [0.717, 1.165) is 24.2 Å². The molecule has 2 aliphatic rings. The van der Waals surface area contributed by atoms with Crippen molar-refractivity contribution in [1.82, 2.24) is 18.9 Å². The fourth-order valence-electron chi connectivity index (χ4n) is 3.98. The summed E-state index contributed by atoms with van der Waals surface area (Å²) in [7, 11) is 3.05. The van der Waals surface area contributed by atoms with E-state index in [2.05, 4.69) is 0 Å². The molecule has 2 saturated heterocycles. The molecule has 0 bridgehead atoms. The summed E-state index contributed by atoms with van der Waals surface area (Å²) in [6.07, 6.45) is 4.10. The number of likely N-dealkylation sites (tertiary alicyclic amines) is 1. The van der Waals surface area contributed by atoms with Crippen LogP contribution in [0.3, 0.4) is 0 Å². The minimum absolute atomic E-state index is 0.00942. The molecular weight excluding hydrogens is 438 g/mol. The molecule has 0 unspecified atom stereocenters. The lowest BCUT2D eigenvalue weighted by molar-refractivity contribution is -0.385. The zero-order valence-electron chi connectivity index (χ0n) is 17.6. The van der Waals surface area contributed by atoms with Gasteiger partial charge < -0.3 is 4.90 Å². The van der Waals surface area contributed by atoms with Gasteiger partial charge in [-0.1, -0.05) is 0 Å². The number of aryl methyl sites for hydroxylation is 2. The van der Waals surface area contributed by atoms with Crippen molar-refractivity contribution >= 4 is 51.6 Å². The van der Waals surface area contributed by atoms with Crippen LogP contribution in [0, 0.1) is 10.1 Å². The summed E-state index contributed by atoms with van der Waals surface area (Å²) in [4.78, 5) is 63.5. The summed E-state index contributed by atoms with van der Waals surface area (Å²) in [5, 5.41) is 11.0. The molecule has 3 heterocycles. The number of piperidine rings is 1. The van der Waals surface area contributed by atoms with Crippen molar-refractivity contribution < 1.29 is 19.3 Å². The second-order valence-corrected chi connectivity index (χ2v) is 8.76. The van der Waals surface area contributed by atoms with Crippen molar-refractivity contribution in [2.24, 2.45) is 14.1 Å². The number of fused-ring (bicyclic) bond motifs is 1. The lowest BCUT2D eigenvalue weighted by Crippen LogP contribution is -2.44. The molecule has 0 N–H and O–H groups in total. The van der Waals surface area contributed by atoms with E-state index in [4.69, 9.17) is 0 Å². The third kappa shape index (κ3) is 3.70. The zero-order valence-corrected chi connectivity index (χ0v) is 18.4. The SMILES string of the molecule is Cn1c(=O)n(C)c2cc([N+](=O)[O-])c(/C=C3\SC(=O)N(CC(=O)N4CCCCC4)C3=O)cc21. The average Bonchev–Trinajstić information content (AvgIpc) is 3.15. The maximum Gasteiger partial charge on any atom is 0.328 e. The van der Waals surface area contributed by atoms with Crippen LogP contribution in [0.1, 0.15) is 24.8 Å². The van der Waals surface area contributed by atoms with E-state index in [-0.39, 0.29) is 34.3 Å². The topological polar surface area (TPSA) is 128 Å². The molecular formula is C20H21N5O6S. The van der Waals surface area contributed by atoms with Crippen molar-refractivity contribution in [2.75, 3.05) is 19.6 Å². The summed E-state index contributed by atoms with van der Waals surface area (Å²) >= 11 is 0.635. The van der Waals surface area contributed by atoms with E-state index >= 15 is 0 Å². The fourth-order valence-corrected chi connectivity index (χ4v) is 4.81. The molecule has 0 atom stereocenters. The Kier molecular flexibility index (Phi) is 5.63. The lowest BCUT2D eigenvalue weighted by Gasteiger charge is -2.27. The van der Waals surface area contributed by atoms with Gasteiger partial charge in [0.2, 0.25) is 5.91 Å². The standard InChI is InChI=1S/C20H21N5O6S/c1-21-14-8-12(13(25(30)31)10-15(14)22(2)19(21)28)9-16-18(27)24(20(29)32-16)11-17(26)23-6-4-3-5-7-23/h8-10H,3-7,11H2,1-2H3/b16-9-. The van der Waals surface area contributed by atoms with Gasteiger partial charge in [-0.25, -0.2) is 4.79 Å². The molecule has 0 aliphatic carbocycles. The zero-order chi connectivity index (χ0) is 23.2. The molecule has 11 nitrogen and oxygen atoms in total. The van der Waals surface area contributed by atoms with Crippen LogP contribution in [0.5, 0.6) is 0 Å². The molecule has 0 spiro atoms. The van der Waals surface area contributed by atoms with Gasteiger partial charge in [0.05, 0.1) is 26.4 Å². The first-order valence-electron chi connectivity index (χ1n) is 10.1. The second kappa shape index (κ2) is 8.26. The van der Waals surface area contributed by atoms with Crippen molar-refractivity contribution in [3.8, 4) is 0 Å². The van der Waals surface area contributed by atoms with E-state index < -0.39 is 16.1 Å². The number of thioether (sulfide) groups is 1. The molecule has 2 fully saturated rings. The number of nitro groups is 1. The highest BCUT2D eigenvalue weighted by Gasteiger charge is 2.37. The first kappa shape index (κ1) is 21.8. The summed E-state index contributed by atoms with van der Waals surface area (Å²) in [6, 6.07) is 2.72. The van der Waals surface area contributed by atoms with Crippen LogP contribution >= 0.6 is 11.8 Å². The molecule has 12 heteroatoms. The molecule has 0 saturated carbocycles. The predicted octanol–water partition coefficient (Wildman–Crippen LogP) is 1.83. The number of benzene rings is 1. The highest BCUT2D eigenvalue weighted by Crippen LogP contribution is 2.35. The van der Waals surface area contributed by atoms with E-state index in [1.54, 1.807) is 11.9 Å². The first-order chi connectivity index (χ1) is 15.2. The second-order valence-electron chi connectivity index (χ2n) is 7.77. The van der Waals surface area contributed by atoms with Gasteiger partial charge in [-0.05, 0) is 43.2 Å². The van der Waals surface area contributed by atoms with Crippen LogP contribution in [0.2, 0.25) is 0 Å². The number of nitro benzene ring substituents is 1. The lowest BCUT2D eigenvalue weighted by atomic mass is 10.1. The Morgan fingerprint density at radius 3 is 2.34 bits per heavy atom. The smallest absolute Gasteiger partial charge is 0.328 e. The van der Waals surface area contributed by atoms with Crippen LogP contribution in [0.15, 0.2) is 21.8 Å². The van der Waals surface area contributed by atoms with Gasteiger partial charge in [0.25, 0.3) is 16.8 Å². The van der Waals surface area contributed by atoms with Gasteiger partial charge >= 0.3 is 5.69 Å². The van der Waals surface area contributed by atoms with Crippen molar-refractivity contribution in [1.29, 1.82) is 0 Å². The summed E-state index contributed by atoms with van der Waals surface area (Å²) in [6.45, 7) is 0.857. The van der Waals surface area contributed by atoms with Gasteiger partial charge in [-0.3, -0.25) is 38.5 Å². The average molecular weight is 459 g/mol. The Morgan fingerprint density at radius 1 is 1.09 bits per heavy atom. The quantitative estimate of drug-likeness (QED) is 0.388. The molecule has 168 valence electrons. The highest BCUT2D eigenvalue weighted by atomic mass is 32.2. The van der Waals surface area contributed by atoms with Gasteiger partial charge in [0, 0.05) is 33.3 Å². The minimum atomic E-state index is -0.665. The number of carbonyl (C=O) groups excluding carboxylic acids is 3. The van der Waals surface area contributed by atoms with E-state index in [0.29, 0.717) is 35.9 Å².